The Balaban J connectivity index is 0. The van der Waals surface area contributed by atoms with Gasteiger partial charge in [0.05, 0.1) is 6.10 Å². The molecule has 0 aromatic carbocycles. The summed E-state index contributed by atoms with van der Waals surface area (Å²) in [4.78, 5) is 17.7. The van der Waals surface area contributed by atoms with E-state index in [0.29, 0.717) is 0 Å². The maximum absolute atomic E-state index is 8.87. The molecule has 0 saturated carbocycles. The van der Waals surface area contributed by atoms with Gasteiger partial charge in [-0.05, 0) is 44.7 Å². The van der Waals surface area contributed by atoms with Gasteiger partial charge in [-0.3, -0.25) is 0 Å². The van der Waals surface area contributed by atoms with Crippen molar-refractivity contribution in [3.05, 3.63) is 0 Å². The molecule has 0 aliphatic carbocycles. The summed E-state index contributed by atoms with van der Waals surface area (Å²) in [7, 11) is -2.19. The average molecular weight is 380 g/mol. The molecule has 4 nitrogen and oxygen atoms in total. The number of nitrogens with one attached hydrogen (secondary N) is 1. The predicted molar refractivity (Wildman–Crippen MR) is 112 cm³/mol. The van der Waals surface area contributed by atoms with Gasteiger partial charge >= 0.3 is 8.60 Å². The van der Waals surface area contributed by atoms with Crippen molar-refractivity contribution < 1.29 is 14.3 Å². The molecule has 0 aliphatic rings. The number of hydrogen-bond donors (Lipinski definition) is 3. The molecule has 25 heavy (non-hydrogen) atoms. The minimum absolute atomic E-state index is 0.0354. The minimum atomic E-state index is -2.19. The highest BCUT2D eigenvalue weighted by molar-refractivity contribution is 7.39. The molecule has 0 saturated heterocycles. The quantitative estimate of drug-likeness (QED) is 0.222. The third kappa shape index (κ3) is 26.6. The van der Waals surface area contributed by atoms with E-state index in [4.69, 9.17) is 14.3 Å². The van der Waals surface area contributed by atoms with Gasteiger partial charge in [-0.1, -0.05) is 79.6 Å². The second-order valence-electron chi connectivity index (χ2n) is 7.26. The van der Waals surface area contributed by atoms with Gasteiger partial charge in [0.15, 0.2) is 0 Å². The van der Waals surface area contributed by atoms with Crippen molar-refractivity contribution in [2.75, 3.05) is 13.1 Å². The highest BCUT2D eigenvalue weighted by atomic mass is 31.2. The third-order valence-electron chi connectivity index (χ3n) is 4.09. The first-order valence-corrected chi connectivity index (χ1v) is 11.7. The molecule has 1 unspecified atom stereocenters. The standard InChI is InChI=1S/C12H27O3P.C8H19N/c1-4-5-9-12(15-16(13)14)10-7-6-8-11(2)3;1-3-5-7-9-8-6-4-2/h11-14H,4-10H2,1-3H3;9H,3-8H2,1-2H3. The van der Waals surface area contributed by atoms with Gasteiger partial charge in [0.1, 0.15) is 0 Å². The molecule has 0 amide bonds. The van der Waals surface area contributed by atoms with Crippen LogP contribution in [-0.4, -0.2) is 29.0 Å². The van der Waals surface area contributed by atoms with Gasteiger partial charge in [0.2, 0.25) is 0 Å². The molecule has 5 heteroatoms. The molecule has 0 spiro atoms. The SMILES string of the molecule is CCCCC(CCCCC(C)C)OP(O)O.CCCCNCCCC. The van der Waals surface area contributed by atoms with Gasteiger partial charge < -0.3 is 19.6 Å². The summed E-state index contributed by atoms with van der Waals surface area (Å²) in [5, 5.41) is 3.39. The lowest BCUT2D eigenvalue weighted by Crippen LogP contribution is -2.15. The molecule has 0 aliphatic heterocycles. The Morgan fingerprint density at radius 1 is 0.760 bits per heavy atom. The Morgan fingerprint density at radius 2 is 1.24 bits per heavy atom. The van der Waals surface area contributed by atoms with E-state index in [-0.39, 0.29) is 6.10 Å². The van der Waals surface area contributed by atoms with Crippen molar-refractivity contribution in [2.24, 2.45) is 5.92 Å². The molecule has 0 radical (unpaired) electrons. The van der Waals surface area contributed by atoms with Crippen molar-refractivity contribution in [3.8, 4) is 0 Å². The van der Waals surface area contributed by atoms with Crippen molar-refractivity contribution in [3.63, 3.8) is 0 Å². The van der Waals surface area contributed by atoms with E-state index in [9.17, 15) is 0 Å². The van der Waals surface area contributed by atoms with Crippen LogP contribution in [0.15, 0.2) is 0 Å². The molecule has 0 aromatic heterocycles. The second kappa shape index (κ2) is 22.3. The summed E-state index contributed by atoms with van der Waals surface area (Å²) >= 11 is 0. The van der Waals surface area contributed by atoms with Crippen LogP contribution in [0, 0.1) is 5.92 Å². The van der Waals surface area contributed by atoms with E-state index in [0.717, 1.165) is 38.0 Å². The first-order valence-electron chi connectivity index (χ1n) is 10.5. The number of unbranched alkanes of at least 4 members (excludes halogenated alkanes) is 4. The zero-order valence-electron chi connectivity index (χ0n) is 17.6. The minimum Gasteiger partial charge on any atom is -0.328 e. The molecule has 3 N–H and O–H groups in total. The molecule has 154 valence electrons. The van der Waals surface area contributed by atoms with E-state index < -0.39 is 8.60 Å². The Bertz CT molecular complexity index is 235. The van der Waals surface area contributed by atoms with Gasteiger partial charge in [0, 0.05) is 0 Å². The fourth-order valence-electron chi connectivity index (χ4n) is 2.47. The lowest BCUT2D eigenvalue weighted by atomic mass is 10.0. The van der Waals surface area contributed by atoms with E-state index in [1.165, 1.54) is 51.6 Å². The largest absolute Gasteiger partial charge is 0.328 e. The number of rotatable bonds is 16. The summed E-state index contributed by atoms with van der Waals surface area (Å²) in [6.45, 7) is 13.4. The topological polar surface area (TPSA) is 61.7 Å². The van der Waals surface area contributed by atoms with Crippen LogP contribution >= 0.6 is 8.60 Å². The summed E-state index contributed by atoms with van der Waals surface area (Å²) in [6.07, 6.45) is 13.0. The summed E-state index contributed by atoms with van der Waals surface area (Å²) in [6, 6.07) is 0. The highest BCUT2D eigenvalue weighted by Gasteiger charge is 2.13. The predicted octanol–water partition coefficient (Wildman–Crippen LogP) is 6.17. The summed E-state index contributed by atoms with van der Waals surface area (Å²) in [5.41, 5.74) is 0. The number of hydrogen-bond acceptors (Lipinski definition) is 4. The molecular formula is C20H46NO3P. The van der Waals surface area contributed by atoms with Crippen LogP contribution < -0.4 is 5.32 Å². The Morgan fingerprint density at radius 3 is 1.68 bits per heavy atom. The summed E-state index contributed by atoms with van der Waals surface area (Å²) in [5.74, 6) is 0.753. The monoisotopic (exact) mass is 379 g/mol. The first kappa shape index (κ1) is 27.5. The van der Waals surface area contributed by atoms with Gasteiger partial charge in [-0.25, -0.2) is 0 Å². The van der Waals surface area contributed by atoms with E-state index >= 15 is 0 Å². The molecule has 0 fully saturated rings. The van der Waals surface area contributed by atoms with Crippen LogP contribution in [0.5, 0.6) is 0 Å². The van der Waals surface area contributed by atoms with Crippen LogP contribution in [-0.2, 0) is 4.52 Å². The van der Waals surface area contributed by atoms with Crippen LogP contribution in [0.3, 0.4) is 0 Å². The van der Waals surface area contributed by atoms with E-state index in [2.05, 4.69) is 39.9 Å². The normalized spacial score (nSPS) is 12.4. The van der Waals surface area contributed by atoms with Gasteiger partial charge in [-0.15, -0.1) is 0 Å². The molecule has 0 bridgehead atoms. The lowest BCUT2D eigenvalue weighted by molar-refractivity contribution is 0.148. The zero-order valence-corrected chi connectivity index (χ0v) is 18.5. The van der Waals surface area contributed by atoms with Crippen LogP contribution in [0.4, 0.5) is 0 Å². The average Bonchev–Trinajstić information content (AvgIpc) is 2.56. The third-order valence-corrected chi connectivity index (χ3v) is 4.58. The van der Waals surface area contributed by atoms with Crippen molar-refractivity contribution >= 4 is 8.60 Å². The lowest BCUT2D eigenvalue weighted by Gasteiger charge is -2.17. The fourth-order valence-corrected chi connectivity index (χ4v) is 2.95. The van der Waals surface area contributed by atoms with E-state index in [1.54, 1.807) is 0 Å². The highest BCUT2D eigenvalue weighted by Crippen LogP contribution is 2.30. The van der Waals surface area contributed by atoms with Crippen LogP contribution in [0.2, 0.25) is 0 Å². The summed E-state index contributed by atoms with van der Waals surface area (Å²) < 4.78 is 5.14. The molecular weight excluding hydrogens is 333 g/mol. The maximum Gasteiger partial charge on any atom is 0.327 e. The Kier molecular flexibility index (Phi) is 24.5. The van der Waals surface area contributed by atoms with E-state index in [1.807, 2.05) is 0 Å². The Labute approximate surface area is 159 Å². The van der Waals surface area contributed by atoms with Crippen molar-refractivity contribution in [2.45, 2.75) is 111 Å². The smallest absolute Gasteiger partial charge is 0.327 e. The molecule has 0 heterocycles. The van der Waals surface area contributed by atoms with Gasteiger partial charge in [-0.2, -0.15) is 0 Å². The zero-order chi connectivity index (χ0) is 19.3. The van der Waals surface area contributed by atoms with Crippen LogP contribution in [0.1, 0.15) is 105 Å². The Hall–Kier alpha value is 0.270. The molecule has 1 atom stereocenters. The maximum atomic E-state index is 8.87. The second-order valence-corrected chi connectivity index (χ2v) is 7.97. The fraction of sp³-hybridized carbons (Fsp3) is 1.00. The van der Waals surface area contributed by atoms with Gasteiger partial charge in [0.25, 0.3) is 0 Å². The molecule has 0 rings (SSSR count). The van der Waals surface area contributed by atoms with Crippen molar-refractivity contribution in [1.82, 2.24) is 5.32 Å². The molecule has 0 aromatic rings. The first-order chi connectivity index (χ1) is 12.0. The van der Waals surface area contributed by atoms with Crippen LogP contribution in [0.25, 0.3) is 0 Å². The van der Waals surface area contributed by atoms with Crippen molar-refractivity contribution in [1.29, 1.82) is 0 Å².